The van der Waals surface area contributed by atoms with Gasteiger partial charge in [-0.25, -0.2) is 4.39 Å². The molecule has 2 atom stereocenters. The fourth-order valence-corrected chi connectivity index (χ4v) is 3.96. The summed E-state index contributed by atoms with van der Waals surface area (Å²) in [6.07, 6.45) is 3.45. The van der Waals surface area contributed by atoms with Crippen molar-refractivity contribution in [2.75, 3.05) is 31.0 Å². The van der Waals surface area contributed by atoms with Gasteiger partial charge in [0.2, 0.25) is 5.91 Å². The molecule has 8 heteroatoms. The first-order valence-electron chi connectivity index (χ1n) is 11.3. The van der Waals surface area contributed by atoms with Gasteiger partial charge in [0.15, 0.2) is 0 Å². The summed E-state index contributed by atoms with van der Waals surface area (Å²) in [5.41, 5.74) is 1.01. The summed E-state index contributed by atoms with van der Waals surface area (Å²) in [5.74, 6) is -0.457. The van der Waals surface area contributed by atoms with Gasteiger partial charge < -0.3 is 24.8 Å². The number of ether oxygens (including phenoxy) is 3. The Morgan fingerprint density at radius 2 is 1.67 bits per heavy atom. The van der Waals surface area contributed by atoms with Gasteiger partial charge in [-0.3, -0.25) is 9.59 Å². The highest BCUT2D eigenvalue weighted by Gasteiger charge is 2.28. The number of amides is 2. The lowest BCUT2D eigenvalue weighted by molar-refractivity contribution is -0.122. The van der Waals surface area contributed by atoms with E-state index in [2.05, 4.69) is 10.6 Å². The zero-order chi connectivity index (χ0) is 23.8. The highest BCUT2D eigenvalue weighted by Crippen LogP contribution is 2.38. The first-order valence-corrected chi connectivity index (χ1v) is 11.3. The van der Waals surface area contributed by atoms with Gasteiger partial charge in [0, 0.05) is 30.7 Å². The third-order valence-corrected chi connectivity index (χ3v) is 5.60. The maximum Gasteiger partial charge on any atom is 0.255 e. The lowest BCUT2D eigenvalue weighted by Crippen LogP contribution is -2.31. The van der Waals surface area contributed by atoms with Gasteiger partial charge in [-0.05, 0) is 51.3 Å². The molecule has 0 spiro atoms. The lowest BCUT2D eigenvalue weighted by atomic mass is 9.86. The van der Waals surface area contributed by atoms with Crippen LogP contribution >= 0.6 is 0 Å². The number of hydrogen-bond donors (Lipinski definition) is 2. The second kappa shape index (κ2) is 11.7. The van der Waals surface area contributed by atoms with E-state index < -0.39 is 11.7 Å². The van der Waals surface area contributed by atoms with E-state index in [1.807, 2.05) is 13.8 Å². The van der Waals surface area contributed by atoms with Crippen LogP contribution in [0.25, 0.3) is 0 Å². The molecule has 0 heterocycles. The quantitative estimate of drug-likeness (QED) is 0.551. The molecule has 1 aliphatic rings. The van der Waals surface area contributed by atoms with Crippen LogP contribution in [0.4, 0.5) is 15.8 Å². The van der Waals surface area contributed by atoms with E-state index in [1.54, 1.807) is 19.2 Å². The van der Waals surface area contributed by atoms with Crippen LogP contribution in [0, 0.1) is 11.7 Å². The Balaban J connectivity index is 1.86. The van der Waals surface area contributed by atoms with Gasteiger partial charge in [0.25, 0.3) is 5.91 Å². The summed E-state index contributed by atoms with van der Waals surface area (Å²) in [4.78, 5) is 25.6. The minimum Gasteiger partial charge on any atom is -0.492 e. The minimum absolute atomic E-state index is 0.0836. The van der Waals surface area contributed by atoms with Crippen LogP contribution in [0.5, 0.6) is 11.5 Å². The van der Waals surface area contributed by atoms with Crippen molar-refractivity contribution >= 4 is 23.2 Å². The smallest absolute Gasteiger partial charge is 0.255 e. The Morgan fingerprint density at radius 1 is 1.00 bits per heavy atom. The molecule has 33 heavy (non-hydrogen) atoms. The molecule has 2 unspecified atom stereocenters. The number of carbonyl (C=O) groups excluding carboxylic acids is 2. The Labute approximate surface area is 193 Å². The van der Waals surface area contributed by atoms with Crippen LogP contribution in [-0.4, -0.2) is 38.2 Å². The summed E-state index contributed by atoms with van der Waals surface area (Å²) < 4.78 is 30.4. The molecule has 0 bridgehead atoms. The largest absolute Gasteiger partial charge is 0.492 e. The highest BCUT2D eigenvalue weighted by molar-refractivity contribution is 6.05. The summed E-state index contributed by atoms with van der Waals surface area (Å²) in [6, 6.07) is 8.68. The SMILES string of the molecule is CCOc1cc(NC(=O)C2CCCC(OC)C2)c(OCC)cc1NC(=O)c1cccc(F)c1. The average molecular weight is 459 g/mol. The number of rotatable bonds is 9. The van der Waals surface area contributed by atoms with Crippen LogP contribution < -0.4 is 20.1 Å². The predicted octanol–water partition coefficient (Wildman–Crippen LogP) is 5.02. The van der Waals surface area contributed by atoms with Gasteiger partial charge in [0.1, 0.15) is 17.3 Å². The maximum absolute atomic E-state index is 13.5. The Hall–Kier alpha value is -3.13. The molecule has 7 nitrogen and oxygen atoms in total. The zero-order valence-electron chi connectivity index (χ0n) is 19.3. The fraction of sp³-hybridized carbons (Fsp3) is 0.440. The van der Waals surface area contributed by atoms with Crippen molar-refractivity contribution in [3.8, 4) is 11.5 Å². The second-order valence-electron chi connectivity index (χ2n) is 7.89. The maximum atomic E-state index is 13.5. The Kier molecular flexibility index (Phi) is 8.65. The standard InChI is InChI=1S/C25H31FN2O5/c1-4-32-22-15-21(28-25(30)17-9-7-11-19(13-17)31-3)23(33-5-2)14-20(22)27-24(29)16-8-6-10-18(26)12-16/h6,8,10,12,14-15,17,19H,4-5,7,9,11,13H2,1-3H3,(H,27,29)(H,28,30). The van der Waals surface area contributed by atoms with Gasteiger partial charge in [-0.1, -0.05) is 12.5 Å². The first kappa shape index (κ1) is 24.5. The van der Waals surface area contributed by atoms with Crippen molar-refractivity contribution < 1.29 is 28.2 Å². The molecule has 0 radical (unpaired) electrons. The number of halogens is 1. The third-order valence-electron chi connectivity index (χ3n) is 5.60. The molecule has 3 rings (SSSR count). The van der Waals surface area contributed by atoms with E-state index in [-0.39, 0.29) is 23.5 Å². The normalized spacial score (nSPS) is 17.8. The van der Waals surface area contributed by atoms with Crippen LogP contribution in [0.2, 0.25) is 0 Å². The number of methoxy groups -OCH3 is 1. The molecular weight excluding hydrogens is 427 g/mol. The van der Waals surface area contributed by atoms with Crippen molar-refractivity contribution in [2.45, 2.75) is 45.6 Å². The van der Waals surface area contributed by atoms with Crippen LogP contribution in [0.15, 0.2) is 36.4 Å². The van der Waals surface area contributed by atoms with E-state index in [4.69, 9.17) is 14.2 Å². The first-order chi connectivity index (χ1) is 15.9. The monoisotopic (exact) mass is 458 g/mol. The van der Waals surface area contributed by atoms with Gasteiger partial charge >= 0.3 is 0 Å². The van der Waals surface area contributed by atoms with Crippen LogP contribution in [0.3, 0.4) is 0 Å². The zero-order valence-corrected chi connectivity index (χ0v) is 19.3. The van der Waals surface area contributed by atoms with Gasteiger partial charge in [0.05, 0.1) is 30.7 Å². The van der Waals surface area contributed by atoms with Crippen molar-refractivity contribution in [1.29, 1.82) is 0 Å². The molecule has 1 fully saturated rings. The topological polar surface area (TPSA) is 85.9 Å². The van der Waals surface area contributed by atoms with Gasteiger partial charge in [-0.2, -0.15) is 0 Å². The highest BCUT2D eigenvalue weighted by atomic mass is 19.1. The van der Waals surface area contributed by atoms with E-state index in [0.717, 1.165) is 25.3 Å². The Morgan fingerprint density at radius 3 is 2.27 bits per heavy atom. The van der Waals surface area contributed by atoms with Crippen molar-refractivity contribution in [3.63, 3.8) is 0 Å². The van der Waals surface area contributed by atoms with E-state index in [9.17, 15) is 14.0 Å². The molecule has 2 aromatic carbocycles. The molecule has 1 saturated carbocycles. The summed E-state index contributed by atoms with van der Waals surface area (Å²) in [7, 11) is 1.67. The van der Waals surface area contributed by atoms with E-state index in [1.165, 1.54) is 18.2 Å². The predicted molar refractivity (Wildman–Crippen MR) is 125 cm³/mol. The molecule has 0 aromatic heterocycles. The van der Waals surface area contributed by atoms with Crippen molar-refractivity contribution in [3.05, 3.63) is 47.8 Å². The average Bonchev–Trinajstić information content (AvgIpc) is 2.81. The summed E-state index contributed by atoms with van der Waals surface area (Å²) in [6.45, 7) is 4.36. The summed E-state index contributed by atoms with van der Waals surface area (Å²) >= 11 is 0. The molecule has 178 valence electrons. The number of anilines is 2. The number of benzene rings is 2. The molecule has 2 amide bonds. The second-order valence-corrected chi connectivity index (χ2v) is 7.89. The van der Waals surface area contributed by atoms with E-state index in [0.29, 0.717) is 42.5 Å². The molecule has 0 saturated heterocycles. The number of carbonyl (C=O) groups is 2. The van der Waals surface area contributed by atoms with Gasteiger partial charge in [-0.15, -0.1) is 0 Å². The van der Waals surface area contributed by atoms with E-state index >= 15 is 0 Å². The number of hydrogen-bond acceptors (Lipinski definition) is 5. The molecular formula is C25H31FN2O5. The molecule has 2 N–H and O–H groups in total. The lowest BCUT2D eigenvalue weighted by Gasteiger charge is -2.27. The number of nitrogens with one attached hydrogen (secondary N) is 2. The Bertz CT molecular complexity index is 981. The molecule has 0 aliphatic heterocycles. The van der Waals surface area contributed by atoms with Crippen LogP contribution in [0.1, 0.15) is 49.9 Å². The van der Waals surface area contributed by atoms with Crippen LogP contribution in [-0.2, 0) is 9.53 Å². The third kappa shape index (κ3) is 6.44. The fourth-order valence-electron chi connectivity index (χ4n) is 3.96. The molecule has 1 aliphatic carbocycles. The van der Waals surface area contributed by atoms with Crippen molar-refractivity contribution in [1.82, 2.24) is 0 Å². The van der Waals surface area contributed by atoms with Crippen molar-refractivity contribution in [2.24, 2.45) is 5.92 Å². The minimum atomic E-state index is -0.501. The molecule has 2 aromatic rings. The summed E-state index contributed by atoms with van der Waals surface area (Å²) in [5, 5.41) is 5.72.